The van der Waals surface area contributed by atoms with Gasteiger partial charge in [0.1, 0.15) is 16.5 Å². The molecule has 7 heteroatoms. The van der Waals surface area contributed by atoms with Crippen LogP contribution in [0.15, 0.2) is 10.8 Å². The number of carboxylic acid groups (broad SMARTS) is 1. The van der Waals surface area contributed by atoms with Gasteiger partial charge in [0.15, 0.2) is 0 Å². The maximum atomic E-state index is 11.4. The summed E-state index contributed by atoms with van der Waals surface area (Å²) in [6.45, 7) is 0. The van der Waals surface area contributed by atoms with Crippen LogP contribution in [0.3, 0.4) is 0 Å². The predicted molar refractivity (Wildman–Crippen MR) is 49.0 cm³/mol. The topological polar surface area (TPSA) is 84.2 Å². The van der Waals surface area contributed by atoms with Gasteiger partial charge in [-0.15, -0.1) is 0 Å². The van der Waals surface area contributed by atoms with Crippen molar-refractivity contribution in [3.05, 3.63) is 16.6 Å². The van der Waals surface area contributed by atoms with Crippen molar-refractivity contribution in [2.24, 2.45) is 0 Å². The van der Waals surface area contributed by atoms with Crippen molar-refractivity contribution in [2.45, 2.75) is 12.5 Å². The second-order valence-electron chi connectivity index (χ2n) is 2.88. The molecule has 2 N–H and O–H groups in total. The maximum absolute atomic E-state index is 11.4. The van der Waals surface area contributed by atoms with Crippen LogP contribution in [-0.2, 0) is 11.2 Å². The molecule has 2 rings (SSSR count). The van der Waals surface area contributed by atoms with Gasteiger partial charge in [0.2, 0.25) is 0 Å². The number of rotatable bonds is 1. The first-order chi connectivity index (χ1) is 6.59. The van der Waals surface area contributed by atoms with E-state index in [0.717, 1.165) is 0 Å². The first kappa shape index (κ1) is 9.20. The summed E-state index contributed by atoms with van der Waals surface area (Å²) >= 11 is 3.14. The van der Waals surface area contributed by atoms with Crippen molar-refractivity contribution < 1.29 is 14.7 Å². The number of carbonyl (C=O) groups is 2. The van der Waals surface area contributed by atoms with Crippen molar-refractivity contribution in [3.8, 4) is 0 Å². The molecule has 6 nitrogen and oxygen atoms in total. The number of imidazole rings is 1. The summed E-state index contributed by atoms with van der Waals surface area (Å²) in [5.41, 5.74) is 0. The number of amides is 1. The zero-order chi connectivity index (χ0) is 10.3. The van der Waals surface area contributed by atoms with Crippen molar-refractivity contribution in [3.63, 3.8) is 0 Å². The standard InChI is InChI=1S/C7H6BrN3O3/c8-4-2-9-5-1-3(6(12)13)10-7(14)11(4)5/h2-3H,1H2,(H,10,14)(H,12,13). The molecule has 0 aromatic carbocycles. The fourth-order valence-electron chi connectivity index (χ4n) is 1.32. The Morgan fingerprint density at radius 1 is 1.79 bits per heavy atom. The van der Waals surface area contributed by atoms with E-state index in [0.29, 0.717) is 10.4 Å². The molecular weight excluding hydrogens is 254 g/mol. The second kappa shape index (κ2) is 3.09. The average Bonchev–Trinajstić information content (AvgIpc) is 2.48. The van der Waals surface area contributed by atoms with Crippen LogP contribution < -0.4 is 5.32 Å². The number of nitrogens with zero attached hydrogens (tertiary/aromatic N) is 2. The Hall–Kier alpha value is -1.37. The lowest BCUT2D eigenvalue weighted by atomic mass is 10.2. The highest BCUT2D eigenvalue weighted by Gasteiger charge is 2.30. The quantitative estimate of drug-likeness (QED) is 0.756. The number of hydrogen-bond acceptors (Lipinski definition) is 3. The van der Waals surface area contributed by atoms with Crippen LogP contribution in [-0.4, -0.2) is 32.7 Å². The van der Waals surface area contributed by atoms with Gasteiger partial charge in [-0.3, -0.25) is 0 Å². The van der Waals surface area contributed by atoms with Crippen LogP contribution in [0.25, 0.3) is 0 Å². The van der Waals surface area contributed by atoms with Crippen LogP contribution >= 0.6 is 15.9 Å². The normalized spacial score (nSPS) is 20.1. The molecule has 1 atom stereocenters. The molecule has 2 heterocycles. The second-order valence-corrected chi connectivity index (χ2v) is 3.69. The third kappa shape index (κ3) is 1.29. The van der Waals surface area contributed by atoms with Gasteiger partial charge in [0.05, 0.1) is 6.20 Å². The van der Waals surface area contributed by atoms with Gasteiger partial charge in [-0.25, -0.2) is 19.1 Å². The average molecular weight is 260 g/mol. The van der Waals surface area contributed by atoms with Gasteiger partial charge in [0, 0.05) is 6.42 Å². The molecule has 0 bridgehead atoms. The fourth-order valence-corrected chi connectivity index (χ4v) is 1.79. The fraction of sp³-hybridized carbons (Fsp3) is 0.286. The summed E-state index contributed by atoms with van der Waals surface area (Å²) in [6.07, 6.45) is 1.67. The Kier molecular flexibility index (Phi) is 2.03. The van der Waals surface area contributed by atoms with E-state index in [4.69, 9.17) is 5.11 Å². The Balaban J connectivity index is 2.39. The van der Waals surface area contributed by atoms with Crippen LogP contribution in [0, 0.1) is 0 Å². The van der Waals surface area contributed by atoms with Gasteiger partial charge in [-0.1, -0.05) is 0 Å². The van der Waals surface area contributed by atoms with Crippen LogP contribution in [0.2, 0.25) is 0 Å². The van der Waals surface area contributed by atoms with E-state index < -0.39 is 18.0 Å². The molecule has 1 unspecified atom stereocenters. The number of halogens is 1. The Labute approximate surface area is 87.1 Å². The first-order valence-corrected chi connectivity index (χ1v) is 4.64. The van der Waals surface area contributed by atoms with E-state index in [1.165, 1.54) is 10.8 Å². The number of aromatic nitrogens is 2. The molecule has 0 fully saturated rings. The monoisotopic (exact) mass is 259 g/mol. The van der Waals surface area contributed by atoms with Gasteiger partial charge in [-0.05, 0) is 15.9 Å². The molecule has 1 aliphatic heterocycles. The third-order valence-electron chi connectivity index (χ3n) is 1.98. The lowest BCUT2D eigenvalue weighted by Crippen LogP contribution is -2.49. The number of fused-ring (bicyclic) bond motifs is 1. The Morgan fingerprint density at radius 3 is 3.14 bits per heavy atom. The van der Waals surface area contributed by atoms with Gasteiger partial charge in [0.25, 0.3) is 0 Å². The van der Waals surface area contributed by atoms with E-state index in [2.05, 4.69) is 26.2 Å². The minimum Gasteiger partial charge on any atom is -0.480 e. The molecule has 1 aromatic heterocycles. The molecule has 1 amide bonds. The van der Waals surface area contributed by atoms with E-state index in [9.17, 15) is 9.59 Å². The summed E-state index contributed by atoms with van der Waals surface area (Å²) in [4.78, 5) is 26.0. The number of carboxylic acids is 1. The summed E-state index contributed by atoms with van der Waals surface area (Å²) in [6, 6.07) is -1.35. The summed E-state index contributed by atoms with van der Waals surface area (Å²) in [5.74, 6) is -0.600. The van der Waals surface area contributed by atoms with Gasteiger partial charge in [-0.2, -0.15) is 0 Å². The number of nitrogens with one attached hydrogen (secondary N) is 1. The summed E-state index contributed by atoms with van der Waals surface area (Å²) in [7, 11) is 0. The molecule has 1 aromatic rings. The lowest BCUT2D eigenvalue weighted by molar-refractivity contribution is -0.139. The van der Waals surface area contributed by atoms with Gasteiger partial charge < -0.3 is 10.4 Å². The SMILES string of the molecule is O=C(O)C1Cc2ncc(Br)n2C(=O)N1. The van der Waals surface area contributed by atoms with Crippen LogP contribution in [0.1, 0.15) is 5.82 Å². The number of hydrogen-bond donors (Lipinski definition) is 2. The molecule has 0 saturated carbocycles. The highest BCUT2D eigenvalue weighted by molar-refractivity contribution is 9.10. The lowest BCUT2D eigenvalue weighted by Gasteiger charge is -2.21. The number of carbonyl (C=O) groups excluding carboxylic acids is 1. The van der Waals surface area contributed by atoms with Gasteiger partial charge >= 0.3 is 12.0 Å². The summed E-state index contributed by atoms with van der Waals surface area (Å²) in [5, 5.41) is 11.1. The maximum Gasteiger partial charge on any atom is 0.328 e. The highest BCUT2D eigenvalue weighted by Crippen LogP contribution is 2.16. The van der Waals surface area contributed by atoms with E-state index >= 15 is 0 Å². The highest BCUT2D eigenvalue weighted by atomic mass is 79.9. The molecule has 0 spiro atoms. The van der Waals surface area contributed by atoms with Crippen LogP contribution in [0.4, 0.5) is 4.79 Å². The minimum atomic E-state index is -1.05. The number of aliphatic carboxylic acids is 1. The van der Waals surface area contributed by atoms with E-state index in [-0.39, 0.29) is 6.42 Å². The minimum absolute atomic E-state index is 0.201. The zero-order valence-corrected chi connectivity index (χ0v) is 8.48. The molecule has 0 saturated heterocycles. The Morgan fingerprint density at radius 2 is 2.50 bits per heavy atom. The first-order valence-electron chi connectivity index (χ1n) is 3.85. The zero-order valence-electron chi connectivity index (χ0n) is 6.90. The van der Waals surface area contributed by atoms with E-state index in [1.807, 2.05) is 0 Å². The molecular formula is C7H6BrN3O3. The third-order valence-corrected chi connectivity index (χ3v) is 2.54. The van der Waals surface area contributed by atoms with Crippen molar-refractivity contribution in [1.29, 1.82) is 0 Å². The molecule has 74 valence electrons. The Bertz CT molecular complexity index is 414. The van der Waals surface area contributed by atoms with E-state index in [1.54, 1.807) is 0 Å². The largest absolute Gasteiger partial charge is 0.480 e. The molecule has 14 heavy (non-hydrogen) atoms. The predicted octanol–water partition coefficient (Wildman–Crippen LogP) is 0.213. The van der Waals surface area contributed by atoms with Crippen molar-refractivity contribution >= 4 is 27.9 Å². The molecule has 0 aliphatic carbocycles. The molecule has 0 radical (unpaired) electrons. The smallest absolute Gasteiger partial charge is 0.328 e. The van der Waals surface area contributed by atoms with Crippen molar-refractivity contribution in [2.75, 3.05) is 0 Å². The summed E-state index contributed by atoms with van der Waals surface area (Å²) < 4.78 is 1.83. The van der Waals surface area contributed by atoms with Crippen molar-refractivity contribution in [1.82, 2.24) is 14.9 Å². The molecule has 1 aliphatic rings. The van der Waals surface area contributed by atoms with Crippen LogP contribution in [0.5, 0.6) is 0 Å².